The predicted octanol–water partition coefficient (Wildman–Crippen LogP) is 5.06. The molecule has 0 aliphatic heterocycles. The Balaban J connectivity index is 1.41. The van der Waals surface area contributed by atoms with Gasteiger partial charge in [0.05, 0.1) is 6.10 Å². The molecule has 4 saturated carbocycles. The van der Waals surface area contributed by atoms with Gasteiger partial charge in [-0.1, -0.05) is 44.9 Å². The number of ether oxygens (including phenoxy) is 1. The number of rotatable bonds is 9. The van der Waals surface area contributed by atoms with E-state index in [9.17, 15) is 4.79 Å². The van der Waals surface area contributed by atoms with E-state index in [0.717, 1.165) is 37.1 Å². The van der Waals surface area contributed by atoms with Gasteiger partial charge >= 0.3 is 0 Å². The first-order chi connectivity index (χ1) is 14.7. The molecule has 0 aromatic heterocycles. The van der Waals surface area contributed by atoms with Crippen LogP contribution in [0, 0.1) is 29.6 Å². The lowest BCUT2D eigenvalue weighted by molar-refractivity contribution is -0.134. The molecule has 4 aliphatic carbocycles. The van der Waals surface area contributed by atoms with E-state index in [1.165, 1.54) is 83.5 Å². The van der Waals surface area contributed by atoms with Crippen molar-refractivity contribution in [1.29, 1.82) is 0 Å². The lowest BCUT2D eigenvalue weighted by atomic mass is 9.63. The normalized spacial score (nSPS) is 32.6. The quantitative estimate of drug-likeness (QED) is 0.550. The van der Waals surface area contributed by atoms with Crippen LogP contribution in [0.5, 0.6) is 0 Å². The lowest BCUT2D eigenvalue weighted by Gasteiger charge is -2.45. The SMILES string of the molecule is CNC[C@H](C1CCC2CCCCC2C1)[C@H](OCC(=O)NC1CCC1)C1CCCCC1. The topological polar surface area (TPSA) is 50.4 Å². The van der Waals surface area contributed by atoms with Gasteiger partial charge in [0.15, 0.2) is 0 Å². The predicted molar refractivity (Wildman–Crippen MR) is 122 cm³/mol. The Labute approximate surface area is 184 Å². The molecule has 0 bridgehead atoms. The Hall–Kier alpha value is -0.610. The maximum atomic E-state index is 12.5. The van der Waals surface area contributed by atoms with Crippen molar-refractivity contribution in [2.75, 3.05) is 20.2 Å². The van der Waals surface area contributed by atoms with Crippen LogP contribution in [-0.4, -0.2) is 38.3 Å². The number of carbonyl (C=O) groups excluding carboxylic acids is 1. The number of fused-ring (bicyclic) bond motifs is 1. The third-order valence-electron chi connectivity index (χ3n) is 9.04. The molecule has 4 aliphatic rings. The second-order valence-electron chi connectivity index (χ2n) is 11.0. The summed E-state index contributed by atoms with van der Waals surface area (Å²) in [5.41, 5.74) is 0. The molecule has 3 unspecified atom stereocenters. The molecule has 2 N–H and O–H groups in total. The van der Waals surface area contributed by atoms with E-state index in [4.69, 9.17) is 4.74 Å². The fourth-order valence-corrected chi connectivity index (χ4v) is 7.15. The molecule has 4 nitrogen and oxygen atoms in total. The summed E-state index contributed by atoms with van der Waals surface area (Å²) >= 11 is 0. The van der Waals surface area contributed by atoms with Crippen LogP contribution in [0.4, 0.5) is 0 Å². The van der Waals surface area contributed by atoms with Crippen LogP contribution in [-0.2, 0) is 9.53 Å². The minimum Gasteiger partial charge on any atom is -0.368 e. The lowest BCUT2D eigenvalue weighted by Crippen LogP contribution is -2.47. The molecule has 4 heteroatoms. The Bertz CT molecular complexity index is 529. The standard InChI is InChI=1S/C26H46N2O2/c1-27-17-24(22-15-14-19-8-5-6-11-21(19)16-22)26(20-9-3-2-4-10-20)30-18-25(29)28-23-12-7-13-23/h19-24,26-27H,2-18H2,1H3,(H,28,29)/t19?,21?,22?,24-,26-/m1/s1. The van der Waals surface area contributed by atoms with Crippen molar-refractivity contribution >= 4 is 5.91 Å². The summed E-state index contributed by atoms with van der Waals surface area (Å²) in [5.74, 6) is 4.01. The van der Waals surface area contributed by atoms with Crippen molar-refractivity contribution in [3.63, 3.8) is 0 Å². The molecule has 30 heavy (non-hydrogen) atoms. The highest BCUT2D eigenvalue weighted by molar-refractivity contribution is 5.77. The summed E-state index contributed by atoms with van der Waals surface area (Å²) < 4.78 is 6.56. The molecule has 0 spiro atoms. The Morgan fingerprint density at radius 3 is 2.27 bits per heavy atom. The summed E-state index contributed by atoms with van der Waals surface area (Å²) in [5, 5.41) is 6.70. The highest BCUT2D eigenvalue weighted by atomic mass is 16.5. The second-order valence-corrected chi connectivity index (χ2v) is 11.0. The molecular formula is C26H46N2O2. The first-order valence-corrected chi connectivity index (χ1v) is 13.3. The van der Waals surface area contributed by atoms with E-state index in [1.807, 2.05) is 0 Å². The number of amides is 1. The van der Waals surface area contributed by atoms with E-state index < -0.39 is 0 Å². The number of nitrogens with one attached hydrogen (secondary N) is 2. The van der Waals surface area contributed by atoms with Crippen LogP contribution in [0.2, 0.25) is 0 Å². The van der Waals surface area contributed by atoms with Gasteiger partial charge in [-0.3, -0.25) is 4.79 Å². The molecular weight excluding hydrogens is 372 g/mol. The van der Waals surface area contributed by atoms with Crippen molar-refractivity contribution in [2.24, 2.45) is 29.6 Å². The van der Waals surface area contributed by atoms with Crippen molar-refractivity contribution < 1.29 is 9.53 Å². The molecule has 0 aromatic carbocycles. The van der Waals surface area contributed by atoms with E-state index in [1.54, 1.807) is 0 Å². The van der Waals surface area contributed by atoms with Crippen molar-refractivity contribution in [3.05, 3.63) is 0 Å². The number of carbonyl (C=O) groups is 1. The average Bonchev–Trinajstić information content (AvgIpc) is 2.76. The van der Waals surface area contributed by atoms with E-state index in [-0.39, 0.29) is 18.6 Å². The van der Waals surface area contributed by atoms with Crippen molar-refractivity contribution in [3.8, 4) is 0 Å². The molecule has 172 valence electrons. The highest BCUT2D eigenvalue weighted by Crippen LogP contribution is 2.47. The summed E-state index contributed by atoms with van der Waals surface area (Å²) in [6, 6.07) is 0.406. The van der Waals surface area contributed by atoms with Crippen molar-refractivity contribution in [2.45, 2.75) is 108 Å². The van der Waals surface area contributed by atoms with Gasteiger partial charge in [-0.05, 0) is 82.1 Å². The fourth-order valence-electron chi connectivity index (χ4n) is 7.15. The maximum Gasteiger partial charge on any atom is 0.246 e. The molecule has 0 heterocycles. The molecule has 0 aromatic rings. The molecule has 0 radical (unpaired) electrons. The first kappa shape index (κ1) is 22.6. The third-order valence-corrected chi connectivity index (χ3v) is 9.04. The van der Waals surface area contributed by atoms with Gasteiger partial charge in [-0.15, -0.1) is 0 Å². The third kappa shape index (κ3) is 5.79. The van der Waals surface area contributed by atoms with Gasteiger partial charge < -0.3 is 15.4 Å². The molecule has 1 amide bonds. The summed E-state index contributed by atoms with van der Waals surface area (Å²) in [4.78, 5) is 12.5. The minimum absolute atomic E-state index is 0.111. The Morgan fingerprint density at radius 1 is 0.833 bits per heavy atom. The Kier molecular flexibility index (Phi) is 8.51. The largest absolute Gasteiger partial charge is 0.368 e. The van der Waals surface area contributed by atoms with E-state index in [2.05, 4.69) is 17.7 Å². The molecule has 0 saturated heterocycles. The van der Waals surface area contributed by atoms with Gasteiger partial charge in [0.2, 0.25) is 5.91 Å². The van der Waals surface area contributed by atoms with Crippen molar-refractivity contribution in [1.82, 2.24) is 10.6 Å². The van der Waals surface area contributed by atoms with Gasteiger partial charge in [0, 0.05) is 18.5 Å². The molecule has 4 fully saturated rings. The maximum absolute atomic E-state index is 12.5. The van der Waals surface area contributed by atoms with Gasteiger partial charge in [-0.25, -0.2) is 0 Å². The van der Waals surface area contributed by atoms with Crippen LogP contribution < -0.4 is 10.6 Å². The zero-order valence-corrected chi connectivity index (χ0v) is 19.4. The van der Waals surface area contributed by atoms with E-state index in [0.29, 0.717) is 17.9 Å². The molecule has 4 rings (SSSR count). The number of hydrogen-bond donors (Lipinski definition) is 2. The highest BCUT2D eigenvalue weighted by Gasteiger charge is 2.41. The van der Waals surface area contributed by atoms with Crippen LogP contribution >= 0.6 is 0 Å². The summed E-state index contributed by atoms with van der Waals surface area (Å²) in [7, 11) is 2.10. The van der Waals surface area contributed by atoms with Crippen LogP contribution in [0.15, 0.2) is 0 Å². The number of hydrogen-bond acceptors (Lipinski definition) is 3. The van der Waals surface area contributed by atoms with Crippen LogP contribution in [0.3, 0.4) is 0 Å². The monoisotopic (exact) mass is 418 g/mol. The first-order valence-electron chi connectivity index (χ1n) is 13.3. The smallest absolute Gasteiger partial charge is 0.246 e. The van der Waals surface area contributed by atoms with Gasteiger partial charge in [0.1, 0.15) is 6.61 Å². The summed E-state index contributed by atoms with van der Waals surface area (Å²) in [6.45, 7) is 1.30. The van der Waals surface area contributed by atoms with Gasteiger partial charge in [0.25, 0.3) is 0 Å². The average molecular weight is 419 g/mol. The summed E-state index contributed by atoms with van der Waals surface area (Å²) in [6.07, 6.45) is 20.4. The second kappa shape index (κ2) is 11.3. The minimum atomic E-state index is 0.111. The van der Waals surface area contributed by atoms with Crippen LogP contribution in [0.25, 0.3) is 0 Å². The fraction of sp³-hybridized carbons (Fsp3) is 0.962. The molecule has 5 atom stereocenters. The zero-order chi connectivity index (χ0) is 20.8. The zero-order valence-electron chi connectivity index (χ0n) is 19.4. The van der Waals surface area contributed by atoms with Gasteiger partial charge in [-0.2, -0.15) is 0 Å². The van der Waals surface area contributed by atoms with Crippen LogP contribution in [0.1, 0.15) is 96.3 Å². The van der Waals surface area contributed by atoms with E-state index >= 15 is 0 Å². The Morgan fingerprint density at radius 2 is 1.57 bits per heavy atom.